The van der Waals surface area contributed by atoms with Gasteiger partial charge >= 0.3 is 5.97 Å². The molecule has 6 heteroatoms. The standard InChI is InChI=1S/C26H18BrNO3S/c1-31-26(30)24-23(21(14-32-24)15-10-12-16(27)13-11-15)28-25(29)22-19-8-4-2-6-17(19)18-7-3-5-9-20(18)22/h2-14,22H,1H3,(H,28,29). The summed E-state index contributed by atoms with van der Waals surface area (Å²) in [6.45, 7) is 0. The highest BCUT2D eigenvalue weighted by Gasteiger charge is 2.34. The topological polar surface area (TPSA) is 55.4 Å². The molecule has 0 saturated heterocycles. The predicted molar refractivity (Wildman–Crippen MR) is 131 cm³/mol. The van der Waals surface area contributed by atoms with Crippen molar-refractivity contribution in [1.29, 1.82) is 0 Å². The van der Waals surface area contributed by atoms with E-state index in [1.807, 2.05) is 78.2 Å². The lowest BCUT2D eigenvalue weighted by molar-refractivity contribution is -0.116. The maximum Gasteiger partial charge on any atom is 0.350 e. The third-order valence-corrected chi connectivity index (χ3v) is 7.15. The van der Waals surface area contributed by atoms with Crippen molar-refractivity contribution in [3.63, 3.8) is 0 Å². The van der Waals surface area contributed by atoms with Crippen LogP contribution in [0.4, 0.5) is 5.69 Å². The lowest BCUT2D eigenvalue weighted by Crippen LogP contribution is -2.22. The molecule has 1 aromatic heterocycles. The molecule has 0 saturated carbocycles. The molecule has 4 nitrogen and oxygen atoms in total. The van der Waals surface area contributed by atoms with Gasteiger partial charge in [0.25, 0.3) is 0 Å². The summed E-state index contributed by atoms with van der Waals surface area (Å²) in [5, 5.41) is 4.95. The first-order valence-electron chi connectivity index (χ1n) is 10.0. The van der Waals surface area contributed by atoms with Crippen LogP contribution >= 0.6 is 27.3 Å². The minimum Gasteiger partial charge on any atom is -0.465 e. The molecule has 0 fully saturated rings. The second-order valence-electron chi connectivity index (χ2n) is 7.45. The molecule has 4 aromatic rings. The number of fused-ring (bicyclic) bond motifs is 3. The molecular weight excluding hydrogens is 486 g/mol. The number of methoxy groups -OCH3 is 1. The zero-order valence-corrected chi connectivity index (χ0v) is 19.5. The molecular formula is C26H18BrNO3S. The number of halogens is 1. The van der Waals surface area contributed by atoms with Gasteiger partial charge in [0.05, 0.1) is 18.7 Å². The molecule has 3 aromatic carbocycles. The Balaban J connectivity index is 1.58. The number of hydrogen-bond acceptors (Lipinski definition) is 4. The summed E-state index contributed by atoms with van der Waals surface area (Å²) < 4.78 is 5.93. The average molecular weight is 504 g/mol. The molecule has 0 aliphatic heterocycles. The van der Waals surface area contributed by atoms with Crippen molar-refractivity contribution < 1.29 is 14.3 Å². The monoisotopic (exact) mass is 503 g/mol. The van der Waals surface area contributed by atoms with E-state index in [0.717, 1.165) is 37.9 Å². The van der Waals surface area contributed by atoms with Gasteiger partial charge in [0, 0.05) is 15.4 Å². The predicted octanol–water partition coefficient (Wildman–Crippen LogP) is 6.72. The van der Waals surface area contributed by atoms with Crippen molar-refractivity contribution in [3.8, 4) is 22.3 Å². The van der Waals surface area contributed by atoms with Crippen molar-refractivity contribution in [2.75, 3.05) is 12.4 Å². The maximum atomic E-state index is 13.7. The number of esters is 1. The van der Waals surface area contributed by atoms with E-state index in [-0.39, 0.29) is 5.91 Å². The summed E-state index contributed by atoms with van der Waals surface area (Å²) in [6, 6.07) is 23.7. The molecule has 0 unspecified atom stereocenters. The summed E-state index contributed by atoms with van der Waals surface area (Å²) in [5.41, 5.74) is 6.23. The molecule has 0 spiro atoms. The molecule has 0 radical (unpaired) electrons. The molecule has 5 rings (SSSR count). The van der Waals surface area contributed by atoms with Crippen molar-refractivity contribution >= 4 is 44.8 Å². The number of nitrogens with one attached hydrogen (secondary N) is 1. The first-order chi connectivity index (χ1) is 15.6. The fraction of sp³-hybridized carbons (Fsp3) is 0.0769. The Morgan fingerprint density at radius 1 is 0.875 bits per heavy atom. The van der Waals surface area contributed by atoms with Crippen LogP contribution in [0.3, 0.4) is 0 Å². The minimum atomic E-state index is -0.471. The third-order valence-electron chi connectivity index (χ3n) is 5.66. The third kappa shape index (κ3) is 3.45. The molecule has 158 valence electrons. The summed E-state index contributed by atoms with van der Waals surface area (Å²) in [6.07, 6.45) is 0. The van der Waals surface area contributed by atoms with Gasteiger partial charge in [-0.1, -0.05) is 76.6 Å². The molecule has 1 aliphatic rings. The zero-order valence-electron chi connectivity index (χ0n) is 17.1. The van der Waals surface area contributed by atoms with Crippen molar-refractivity contribution in [1.82, 2.24) is 0 Å². The quantitative estimate of drug-likeness (QED) is 0.314. The second-order valence-corrected chi connectivity index (χ2v) is 9.24. The maximum absolute atomic E-state index is 13.7. The lowest BCUT2D eigenvalue weighted by Gasteiger charge is -2.16. The number of rotatable bonds is 4. The van der Waals surface area contributed by atoms with Gasteiger partial charge in [-0.2, -0.15) is 0 Å². The van der Waals surface area contributed by atoms with Crippen LogP contribution in [0, 0.1) is 0 Å². The van der Waals surface area contributed by atoms with Gasteiger partial charge in [-0.15, -0.1) is 11.3 Å². The van der Waals surface area contributed by atoms with E-state index in [2.05, 4.69) is 21.2 Å². The van der Waals surface area contributed by atoms with Gasteiger partial charge in [-0.05, 0) is 39.9 Å². The Morgan fingerprint density at radius 2 is 1.47 bits per heavy atom. The highest BCUT2D eigenvalue weighted by molar-refractivity contribution is 9.10. The van der Waals surface area contributed by atoms with Gasteiger partial charge in [0.2, 0.25) is 5.91 Å². The number of ether oxygens (including phenoxy) is 1. The summed E-state index contributed by atoms with van der Waals surface area (Å²) in [4.78, 5) is 26.5. The van der Waals surface area contributed by atoms with Crippen molar-refractivity contribution in [2.24, 2.45) is 0 Å². The second kappa shape index (κ2) is 8.37. The Morgan fingerprint density at radius 3 is 2.06 bits per heavy atom. The van der Waals surface area contributed by atoms with Gasteiger partial charge in [-0.3, -0.25) is 4.79 Å². The van der Waals surface area contributed by atoms with Gasteiger partial charge in [0.1, 0.15) is 4.88 Å². The number of hydrogen-bond donors (Lipinski definition) is 1. The van der Waals surface area contributed by atoms with Crippen LogP contribution < -0.4 is 5.32 Å². The van der Waals surface area contributed by atoms with Gasteiger partial charge in [-0.25, -0.2) is 4.79 Å². The molecule has 1 aliphatic carbocycles. The van der Waals surface area contributed by atoms with Crippen LogP contribution in [0.2, 0.25) is 0 Å². The van der Waals surface area contributed by atoms with E-state index in [1.54, 1.807) is 0 Å². The van der Waals surface area contributed by atoms with Crippen LogP contribution in [-0.4, -0.2) is 19.0 Å². The normalized spacial score (nSPS) is 12.2. The molecule has 32 heavy (non-hydrogen) atoms. The first-order valence-corrected chi connectivity index (χ1v) is 11.7. The zero-order chi connectivity index (χ0) is 22.2. The largest absolute Gasteiger partial charge is 0.465 e. The molecule has 1 heterocycles. The fourth-order valence-electron chi connectivity index (χ4n) is 4.20. The molecule has 0 atom stereocenters. The Hall–Kier alpha value is -3.22. The van der Waals surface area contributed by atoms with Gasteiger partial charge in [0.15, 0.2) is 0 Å². The number of carbonyl (C=O) groups is 2. The number of benzene rings is 3. The van der Waals surface area contributed by atoms with E-state index < -0.39 is 11.9 Å². The Bertz CT molecular complexity index is 1300. The summed E-state index contributed by atoms with van der Waals surface area (Å²) in [5.74, 6) is -1.10. The van der Waals surface area contributed by atoms with Crippen LogP contribution in [0.5, 0.6) is 0 Å². The van der Waals surface area contributed by atoms with Gasteiger partial charge < -0.3 is 10.1 Å². The van der Waals surface area contributed by atoms with E-state index in [0.29, 0.717) is 10.6 Å². The first kappa shape index (κ1) is 20.7. The smallest absolute Gasteiger partial charge is 0.350 e. The number of thiophene rings is 1. The van der Waals surface area contributed by atoms with E-state index in [9.17, 15) is 9.59 Å². The summed E-state index contributed by atoms with van der Waals surface area (Å²) in [7, 11) is 1.34. The van der Waals surface area contributed by atoms with Crippen LogP contribution in [0.1, 0.15) is 26.7 Å². The molecule has 0 bridgehead atoms. The van der Waals surface area contributed by atoms with Crippen LogP contribution in [0.25, 0.3) is 22.3 Å². The number of carbonyl (C=O) groups excluding carboxylic acids is 2. The minimum absolute atomic E-state index is 0.177. The van der Waals surface area contributed by atoms with E-state index in [4.69, 9.17) is 4.74 Å². The fourth-order valence-corrected chi connectivity index (χ4v) is 5.41. The number of amides is 1. The van der Waals surface area contributed by atoms with Crippen LogP contribution in [-0.2, 0) is 9.53 Å². The SMILES string of the molecule is COC(=O)c1scc(-c2ccc(Br)cc2)c1NC(=O)C1c2ccccc2-c2ccccc21. The van der Waals surface area contributed by atoms with Crippen molar-refractivity contribution in [2.45, 2.75) is 5.92 Å². The average Bonchev–Trinajstić information content (AvgIpc) is 3.38. The Kier molecular flexibility index (Phi) is 5.41. The van der Waals surface area contributed by atoms with Crippen LogP contribution in [0.15, 0.2) is 82.6 Å². The molecule has 1 N–H and O–H groups in total. The van der Waals surface area contributed by atoms with E-state index in [1.165, 1.54) is 18.4 Å². The number of anilines is 1. The molecule has 1 amide bonds. The Labute approximate surface area is 198 Å². The lowest BCUT2D eigenvalue weighted by atomic mass is 9.95. The van der Waals surface area contributed by atoms with Crippen molar-refractivity contribution in [3.05, 3.63) is 98.7 Å². The highest BCUT2D eigenvalue weighted by Crippen LogP contribution is 2.46. The van der Waals surface area contributed by atoms with E-state index >= 15 is 0 Å². The highest BCUT2D eigenvalue weighted by atomic mass is 79.9. The summed E-state index contributed by atoms with van der Waals surface area (Å²) >= 11 is 4.71.